The lowest BCUT2D eigenvalue weighted by molar-refractivity contribution is 0.305. The average molecular weight is 624 g/mol. The highest BCUT2D eigenvalue weighted by atomic mass is 19.2. The van der Waals surface area contributed by atoms with Crippen molar-refractivity contribution in [1.29, 1.82) is 10.7 Å². The van der Waals surface area contributed by atoms with E-state index >= 15 is 0 Å². The molecule has 1 atom stereocenters. The number of halogens is 1. The predicted octanol–water partition coefficient (Wildman–Crippen LogP) is 6.22. The van der Waals surface area contributed by atoms with E-state index < -0.39 is 11.2 Å². The van der Waals surface area contributed by atoms with E-state index in [4.69, 9.17) is 15.9 Å². The van der Waals surface area contributed by atoms with Crippen molar-refractivity contribution in [2.24, 2.45) is 5.21 Å². The van der Waals surface area contributed by atoms with Crippen LogP contribution in [0.15, 0.2) is 5.21 Å². The van der Waals surface area contributed by atoms with E-state index in [2.05, 4.69) is 52.7 Å². The second-order valence-electron chi connectivity index (χ2n) is 14.5. The average Bonchev–Trinajstić information content (AvgIpc) is 3.62. The molecule has 3 aromatic rings. The molecule has 6 N–H and O–H groups in total. The molecule has 0 spiro atoms. The highest BCUT2D eigenvalue weighted by Crippen LogP contribution is 2.45. The van der Waals surface area contributed by atoms with Crippen LogP contribution in [0.25, 0.3) is 0 Å². The Labute approximate surface area is 265 Å². The van der Waals surface area contributed by atoms with E-state index in [9.17, 15) is 15.2 Å². The summed E-state index contributed by atoms with van der Waals surface area (Å²) in [5.74, 6) is -0.992. The van der Waals surface area contributed by atoms with Crippen molar-refractivity contribution in [1.82, 2.24) is 30.2 Å². The Morgan fingerprint density at radius 3 is 1.91 bits per heavy atom. The Kier molecular flexibility index (Phi) is 9.22. The van der Waals surface area contributed by atoms with E-state index in [1.807, 2.05) is 48.5 Å². The SMILES string of the molecule is CCc1c(N(C(C)=N)C(C)(N(/C(C)=N/F)c2n[nH]c(C(C)(C)C)c2NC)n2nc(C(C)(C)C)c(C#N)c2N)n[nH]c1C(C)(C)C. The number of amidine groups is 2. The van der Waals surface area contributed by atoms with Crippen molar-refractivity contribution in [3.05, 3.63) is 28.2 Å². The molecule has 45 heavy (non-hydrogen) atoms. The van der Waals surface area contributed by atoms with Gasteiger partial charge in [-0.1, -0.05) is 78.9 Å². The van der Waals surface area contributed by atoms with Crippen molar-refractivity contribution in [2.45, 2.75) is 118 Å². The van der Waals surface area contributed by atoms with Crippen LogP contribution in [0.1, 0.15) is 118 Å². The molecular weight excluding hydrogens is 573 g/mol. The van der Waals surface area contributed by atoms with E-state index in [0.29, 0.717) is 23.6 Å². The molecule has 1 unspecified atom stereocenters. The minimum absolute atomic E-state index is 0.0371. The maximum Gasteiger partial charge on any atom is 0.223 e. The fourth-order valence-electron chi connectivity index (χ4n) is 5.82. The van der Waals surface area contributed by atoms with E-state index in [1.165, 1.54) is 16.5 Å². The first-order valence-corrected chi connectivity index (χ1v) is 15.1. The summed E-state index contributed by atoms with van der Waals surface area (Å²) < 4.78 is 16.2. The van der Waals surface area contributed by atoms with Gasteiger partial charge < -0.3 is 11.1 Å². The van der Waals surface area contributed by atoms with Gasteiger partial charge in [-0.05, 0) is 20.3 Å². The zero-order valence-corrected chi connectivity index (χ0v) is 29.2. The third-order valence-electron chi connectivity index (χ3n) is 7.89. The summed E-state index contributed by atoms with van der Waals surface area (Å²) in [5, 5.41) is 46.6. The number of nitriles is 1. The number of nitrogen functional groups attached to an aromatic ring is 1. The molecule has 14 heteroatoms. The topological polar surface area (TPSA) is 180 Å². The number of rotatable bonds is 7. The second-order valence-corrected chi connectivity index (χ2v) is 14.5. The molecule has 0 saturated heterocycles. The Bertz CT molecular complexity index is 1630. The normalized spacial score (nSPS) is 14.2. The van der Waals surface area contributed by atoms with Crippen molar-refractivity contribution in [3.63, 3.8) is 0 Å². The first-order valence-electron chi connectivity index (χ1n) is 15.1. The third-order valence-corrected chi connectivity index (χ3v) is 7.89. The lowest BCUT2D eigenvalue weighted by Gasteiger charge is -2.48. The van der Waals surface area contributed by atoms with Gasteiger partial charge in [0.25, 0.3) is 0 Å². The molecule has 0 aliphatic rings. The van der Waals surface area contributed by atoms with Crippen LogP contribution in [0.3, 0.4) is 0 Å². The second kappa shape index (κ2) is 11.8. The minimum atomic E-state index is -1.70. The maximum atomic E-state index is 14.7. The lowest BCUT2D eigenvalue weighted by Crippen LogP contribution is -2.64. The molecule has 0 fully saturated rings. The summed E-state index contributed by atoms with van der Waals surface area (Å²) in [4.78, 5) is 3.17. The Morgan fingerprint density at radius 1 is 0.978 bits per heavy atom. The van der Waals surface area contributed by atoms with Crippen LogP contribution in [-0.2, 0) is 28.5 Å². The van der Waals surface area contributed by atoms with E-state index in [0.717, 1.165) is 17.0 Å². The number of nitrogens with two attached hydrogens (primary N) is 1. The number of nitrogens with zero attached hydrogens (tertiary/aromatic N) is 8. The van der Waals surface area contributed by atoms with Gasteiger partial charge in [0.1, 0.15) is 34.8 Å². The molecule has 0 radical (unpaired) electrons. The largest absolute Gasteiger partial charge is 0.384 e. The molecule has 0 amide bonds. The zero-order chi connectivity index (χ0) is 34.4. The molecule has 0 aliphatic heterocycles. The van der Waals surface area contributed by atoms with Crippen molar-refractivity contribution in [2.75, 3.05) is 27.9 Å². The van der Waals surface area contributed by atoms with Crippen LogP contribution in [-0.4, -0.2) is 48.9 Å². The van der Waals surface area contributed by atoms with Gasteiger partial charge in [-0.2, -0.15) is 20.6 Å². The van der Waals surface area contributed by atoms with Gasteiger partial charge in [0, 0.05) is 41.5 Å². The summed E-state index contributed by atoms with van der Waals surface area (Å²) in [6.07, 6.45) is 0.581. The van der Waals surface area contributed by atoms with Crippen LogP contribution in [0.2, 0.25) is 0 Å². The van der Waals surface area contributed by atoms with E-state index in [-0.39, 0.29) is 39.7 Å². The quantitative estimate of drug-likeness (QED) is 0.117. The number of anilines is 4. The predicted molar refractivity (Wildman–Crippen MR) is 180 cm³/mol. The maximum absolute atomic E-state index is 14.7. The van der Waals surface area contributed by atoms with Crippen molar-refractivity contribution >= 4 is 34.8 Å². The van der Waals surface area contributed by atoms with Gasteiger partial charge in [0.05, 0.1) is 11.4 Å². The molecule has 3 rings (SSSR count). The molecule has 13 nitrogen and oxygen atoms in total. The summed E-state index contributed by atoms with van der Waals surface area (Å²) in [7, 11) is 1.76. The van der Waals surface area contributed by atoms with E-state index in [1.54, 1.807) is 25.8 Å². The van der Waals surface area contributed by atoms with Gasteiger partial charge in [0.15, 0.2) is 11.6 Å². The van der Waals surface area contributed by atoms with Gasteiger partial charge in [-0.3, -0.25) is 25.4 Å². The van der Waals surface area contributed by atoms with Crippen LogP contribution in [0, 0.1) is 16.7 Å². The smallest absolute Gasteiger partial charge is 0.223 e. The summed E-state index contributed by atoms with van der Waals surface area (Å²) in [6, 6.07) is 2.23. The van der Waals surface area contributed by atoms with Crippen molar-refractivity contribution < 1.29 is 4.48 Å². The van der Waals surface area contributed by atoms with Crippen LogP contribution < -0.4 is 20.9 Å². The van der Waals surface area contributed by atoms with Crippen LogP contribution in [0.5, 0.6) is 0 Å². The molecule has 0 saturated carbocycles. The van der Waals surface area contributed by atoms with Gasteiger partial charge >= 0.3 is 0 Å². The number of hydrogen-bond acceptors (Lipinski definition) is 8. The monoisotopic (exact) mass is 623 g/mol. The number of aromatic nitrogens is 6. The van der Waals surface area contributed by atoms with Crippen molar-refractivity contribution in [3.8, 4) is 6.07 Å². The third kappa shape index (κ3) is 5.87. The van der Waals surface area contributed by atoms with Crippen LogP contribution >= 0.6 is 0 Å². The first kappa shape index (κ1) is 35.1. The molecule has 0 aliphatic carbocycles. The highest BCUT2D eigenvalue weighted by molar-refractivity contribution is 6.03. The number of hydrogen-bond donors (Lipinski definition) is 5. The minimum Gasteiger partial charge on any atom is -0.384 e. The fraction of sp³-hybridized carbons (Fsp3) is 0.613. The Balaban J connectivity index is 2.66. The molecule has 246 valence electrons. The standard InChI is InChI=1S/C31H50FN13/c1-15-19-22(28(4,5)6)38-40-26(19)43(17(2)34)31(13,45-25(35)20(16-33)23(42-45)29(7,8)9)44(18(3)37-32)27-21(36-14)24(39-41-27)30(10,11)12/h34,36H,15,35H2,1-14H3,(H,38,40)(H,39,41)/b34-17?,37-18+. The highest BCUT2D eigenvalue weighted by Gasteiger charge is 2.50. The number of H-pyrrole nitrogens is 2. The lowest BCUT2D eigenvalue weighted by atomic mass is 9.88. The molecular formula is C31H50FN13. The van der Waals surface area contributed by atoms with Gasteiger partial charge in [-0.25, -0.2) is 4.68 Å². The summed E-state index contributed by atoms with van der Waals surface area (Å²) >= 11 is 0. The summed E-state index contributed by atoms with van der Waals surface area (Å²) in [5.41, 5.74) is 9.31. The van der Waals surface area contributed by atoms with Gasteiger partial charge in [0.2, 0.25) is 5.79 Å². The molecule has 3 aromatic heterocycles. The Hall–Kier alpha value is -4.41. The molecule has 3 heterocycles. The fourth-order valence-corrected chi connectivity index (χ4v) is 5.82. The zero-order valence-electron chi connectivity index (χ0n) is 29.2. The Morgan fingerprint density at radius 2 is 1.51 bits per heavy atom. The van der Waals surface area contributed by atoms with Gasteiger partial charge in [-0.15, -0.1) is 0 Å². The van der Waals surface area contributed by atoms with Crippen LogP contribution in [0.4, 0.5) is 27.6 Å². The number of aromatic amines is 2. The molecule has 0 aromatic carbocycles. The first-order chi connectivity index (χ1) is 20.6. The molecule has 0 bridgehead atoms. The number of nitrogens with one attached hydrogen (secondary N) is 4. The summed E-state index contributed by atoms with van der Waals surface area (Å²) in [6.45, 7) is 25.0.